The molecule has 1 fully saturated rings. The van der Waals surface area contributed by atoms with E-state index >= 15 is 0 Å². The molecule has 1 unspecified atom stereocenters. The maximum absolute atomic E-state index is 5.87. The van der Waals surface area contributed by atoms with Crippen molar-refractivity contribution in [2.75, 3.05) is 60.2 Å². The Hall–Kier alpha value is -1.64. The first kappa shape index (κ1) is 18.7. The maximum Gasteiger partial charge on any atom is 0.193 e. The van der Waals surface area contributed by atoms with E-state index in [4.69, 9.17) is 14.2 Å². The van der Waals surface area contributed by atoms with Crippen LogP contribution in [0.3, 0.4) is 0 Å². The summed E-state index contributed by atoms with van der Waals surface area (Å²) in [6.45, 7) is 5.11. The van der Waals surface area contributed by atoms with Crippen molar-refractivity contribution in [3.05, 3.63) is 18.0 Å². The fraction of sp³-hybridized carbons (Fsp3) is 0.750. The molecule has 1 aliphatic heterocycles. The Bertz CT molecular complexity index is 506. The van der Waals surface area contributed by atoms with Crippen LogP contribution in [0.5, 0.6) is 0 Å². The Labute approximate surface area is 143 Å². The van der Waals surface area contributed by atoms with Crippen molar-refractivity contribution in [1.29, 1.82) is 0 Å². The standard InChI is InChI=1S/C16H29N5O3/c1-17-16(18-5-4-7-23-10-9-22-3)21-6-8-24-15(13-21)14-11-19-20(2)12-14/h11-12,15H,4-10,13H2,1-3H3,(H,17,18). The number of rotatable bonds is 8. The zero-order valence-electron chi connectivity index (χ0n) is 14.9. The second kappa shape index (κ2) is 10.3. The van der Waals surface area contributed by atoms with E-state index in [2.05, 4.69) is 20.3 Å². The number of aryl methyl sites for hydroxylation is 1. The molecule has 1 saturated heterocycles. The van der Waals surface area contributed by atoms with E-state index in [0.29, 0.717) is 19.8 Å². The van der Waals surface area contributed by atoms with Gasteiger partial charge in [-0.3, -0.25) is 9.67 Å². The Balaban J connectivity index is 1.74. The Kier molecular flexibility index (Phi) is 8.00. The molecular weight excluding hydrogens is 310 g/mol. The molecule has 2 heterocycles. The molecule has 0 amide bonds. The number of hydrogen-bond donors (Lipinski definition) is 1. The van der Waals surface area contributed by atoms with E-state index in [1.165, 1.54) is 0 Å². The summed E-state index contributed by atoms with van der Waals surface area (Å²) in [6, 6.07) is 0. The number of methoxy groups -OCH3 is 1. The SMILES string of the molecule is CN=C(NCCCOCCOC)N1CCOC(c2cnn(C)c2)C1. The number of aromatic nitrogens is 2. The predicted molar refractivity (Wildman–Crippen MR) is 92.1 cm³/mol. The lowest BCUT2D eigenvalue weighted by molar-refractivity contribution is -0.00806. The van der Waals surface area contributed by atoms with E-state index in [0.717, 1.165) is 44.2 Å². The van der Waals surface area contributed by atoms with Gasteiger partial charge < -0.3 is 24.4 Å². The lowest BCUT2D eigenvalue weighted by atomic mass is 10.1. The normalized spacial score (nSPS) is 18.9. The highest BCUT2D eigenvalue weighted by Crippen LogP contribution is 2.21. The average Bonchev–Trinajstić information content (AvgIpc) is 3.04. The van der Waals surface area contributed by atoms with E-state index in [9.17, 15) is 0 Å². The van der Waals surface area contributed by atoms with Gasteiger partial charge in [-0.15, -0.1) is 0 Å². The minimum Gasteiger partial charge on any atom is -0.382 e. The number of hydrogen-bond acceptors (Lipinski definition) is 5. The van der Waals surface area contributed by atoms with Crippen LogP contribution in [0.25, 0.3) is 0 Å². The smallest absolute Gasteiger partial charge is 0.193 e. The molecule has 1 aromatic rings. The fourth-order valence-electron chi connectivity index (χ4n) is 2.60. The molecular formula is C16H29N5O3. The minimum atomic E-state index is 0.0309. The number of aliphatic imine (C=N–C) groups is 1. The topological polar surface area (TPSA) is 73.1 Å². The van der Waals surface area contributed by atoms with Gasteiger partial charge in [-0.1, -0.05) is 0 Å². The number of guanidine groups is 1. The molecule has 0 saturated carbocycles. The van der Waals surface area contributed by atoms with E-state index < -0.39 is 0 Å². The molecule has 1 atom stereocenters. The zero-order valence-corrected chi connectivity index (χ0v) is 14.9. The summed E-state index contributed by atoms with van der Waals surface area (Å²) in [5, 5.41) is 7.62. The van der Waals surface area contributed by atoms with Crippen LogP contribution in [0.2, 0.25) is 0 Å². The summed E-state index contributed by atoms with van der Waals surface area (Å²) < 4.78 is 18.1. The molecule has 136 valence electrons. The van der Waals surface area contributed by atoms with Crippen LogP contribution in [-0.2, 0) is 21.3 Å². The first-order valence-electron chi connectivity index (χ1n) is 8.37. The first-order chi connectivity index (χ1) is 11.7. The quantitative estimate of drug-likeness (QED) is 0.420. The van der Waals surface area contributed by atoms with Crippen molar-refractivity contribution in [3.63, 3.8) is 0 Å². The summed E-state index contributed by atoms with van der Waals surface area (Å²) in [5.74, 6) is 0.907. The van der Waals surface area contributed by atoms with Gasteiger partial charge in [0, 0.05) is 52.7 Å². The predicted octanol–water partition coefficient (Wildman–Crippen LogP) is 0.422. The number of morpholine rings is 1. The molecule has 1 aliphatic rings. The van der Waals surface area contributed by atoms with E-state index in [-0.39, 0.29) is 6.10 Å². The van der Waals surface area contributed by atoms with Gasteiger partial charge in [0.2, 0.25) is 0 Å². The van der Waals surface area contributed by atoms with Crippen LogP contribution in [-0.4, -0.2) is 80.9 Å². The van der Waals surface area contributed by atoms with Crippen LogP contribution >= 0.6 is 0 Å². The largest absolute Gasteiger partial charge is 0.382 e. The lowest BCUT2D eigenvalue weighted by Crippen LogP contribution is -2.48. The summed E-state index contributed by atoms with van der Waals surface area (Å²) in [6.07, 6.45) is 4.83. The van der Waals surface area contributed by atoms with Crippen LogP contribution in [0.4, 0.5) is 0 Å². The molecule has 24 heavy (non-hydrogen) atoms. The van der Waals surface area contributed by atoms with Crippen LogP contribution < -0.4 is 5.32 Å². The van der Waals surface area contributed by atoms with Gasteiger partial charge in [-0.2, -0.15) is 5.10 Å². The van der Waals surface area contributed by atoms with Gasteiger partial charge in [-0.25, -0.2) is 0 Å². The summed E-state index contributed by atoms with van der Waals surface area (Å²) in [5.41, 5.74) is 1.10. The van der Waals surface area contributed by atoms with Crippen LogP contribution in [0.1, 0.15) is 18.1 Å². The van der Waals surface area contributed by atoms with Crippen LogP contribution in [0, 0.1) is 0 Å². The monoisotopic (exact) mass is 339 g/mol. The summed E-state index contributed by atoms with van der Waals surface area (Å²) in [4.78, 5) is 6.62. The molecule has 1 N–H and O–H groups in total. The van der Waals surface area contributed by atoms with E-state index in [1.807, 2.05) is 26.5 Å². The second-order valence-electron chi connectivity index (χ2n) is 5.69. The molecule has 0 aliphatic carbocycles. The van der Waals surface area contributed by atoms with Crippen molar-refractivity contribution in [1.82, 2.24) is 20.0 Å². The molecule has 0 bridgehead atoms. The van der Waals surface area contributed by atoms with Crippen molar-refractivity contribution in [3.8, 4) is 0 Å². The Morgan fingerprint density at radius 1 is 1.46 bits per heavy atom. The molecule has 0 spiro atoms. The van der Waals surface area contributed by atoms with Crippen molar-refractivity contribution >= 4 is 5.96 Å². The van der Waals surface area contributed by atoms with E-state index in [1.54, 1.807) is 11.8 Å². The molecule has 2 rings (SSSR count). The number of nitrogens with zero attached hydrogens (tertiary/aromatic N) is 4. The molecule has 1 aromatic heterocycles. The average molecular weight is 339 g/mol. The number of ether oxygens (including phenoxy) is 3. The van der Waals surface area contributed by atoms with Crippen molar-refractivity contribution < 1.29 is 14.2 Å². The molecule has 8 heteroatoms. The lowest BCUT2D eigenvalue weighted by Gasteiger charge is -2.34. The Morgan fingerprint density at radius 3 is 3.04 bits per heavy atom. The highest BCUT2D eigenvalue weighted by molar-refractivity contribution is 5.80. The minimum absolute atomic E-state index is 0.0309. The van der Waals surface area contributed by atoms with Crippen molar-refractivity contribution in [2.45, 2.75) is 12.5 Å². The van der Waals surface area contributed by atoms with Gasteiger partial charge in [0.1, 0.15) is 6.10 Å². The zero-order chi connectivity index (χ0) is 17.2. The van der Waals surface area contributed by atoms with Gasteiger partial charge in [-0.05, 0) is 6.42 Å². The first-order valence-corrected chi connectivity index (χ1v) is 8.37. The van der Waals surface area contributed by atoms with Gasteiger partial charge in [0.25, 0.3) is 0 Å². The third-order valence-electron chi connectivity index (χ3n) is 3.85. The molecule has 0 aromatic carbocycles. The van der Waals surface area contributed by atoms with Gasteiger partial charge in [0.05, 0.1) is 32.6 Å². The molecule has 8 nitrogen and oxygen atoms in total. The summed E-state index contributed by atoms with van der Waals surface area (Å²) in [7, 11) is 5.40. The molecule has 0 radical (unpaired) electrons. The van der Waals surface area contributed by atoms with Crippen LogP contribution in [0.15, 0.2) is 17.4 Å². The third kappa shape index (κ3) is 5.77. The Morgan fingerprint density at radius 2 is 2.33 bits per heavy atom. The maximum atomic E-state index is 5.87. The number of nitrogens with one attached hydrogen (secondary N) is 1. The third-order valence-corrected chi connectivity index (χ3v) is 3.85. The van der Waals surface area contributed by atoms with Crippen molar-refractivity contribution in [2.24, 2.45) is 12.0 Å². The van der Waals surface area contributed by atoms with Gasteiger partial charge in [0.15, 0.2) is 5.96 Å². The second-order valence-corrected chi connectivity index (χ2v) is 5.69. The summed E-state index contributed by atoms with van der Waals surface area (Å²) >= 11 is 0. The highest BCUT2D eigenvalue weighted by Gasteiger charge is 2.24. The van der Waals surface area contributed by atoms with Gasteiger partial charge >= 0.3 is 0 Å². The highest BCUT2D eigenvalue weighted by atomic mass is 16.5. The fourth-order valence-corrected chi connectivity index (χ4v) is 2.60.